The zero-order valence-electron chi connectivity index (χ0n) is 15.2. The standard InChI is InChI=1S/C19H14Cl2N4O4S/c20-12-3-2-11(6-13(12)21)23-18(27)16-7-17(26)24-19(30-16)25-22-8-10-1-4-14-15(5-10)29-9-28-14/h1-6,8,16H,7,9H2,(H,23,27)(H,24,25,26)/t16-/m1/s1. The van der Waals surface area contributed by atoms with Crippen molar-refractivity contribution in [3.05, 3.63) is 52.0 Å². The highest BCUT2D eigenvalue weighted by atomic mass is 35.5. The summed E-state index contributed by atoms with van der Waals surface area (Å²) in [4.78, 5) is 24.5. The van der Waals surface area contributed by atoms with Gasteiger partial charge in [-0.25, -0.2) is 0 Å². The number of amides is 2. The molecule has 0 radical (unpaired) electrons. The first-order valence-corrected chi connectivity index (χ1v) is 10.3. The average Bonchev–Trinajstić information content (AvgIpc) is 3.18. The molecule has 0 aromatic heterocycles. The highest BCUT2D eigenvalue weighted by Crippen LogP contribution is 2.32. The van der Waals surface area contributed by atoms with Crippen LogP contribution in [0.2, 0.25) is 10.0 Å². The van der Waals surface area contributed by atoms with Crippen LogP contribution in [0.15, 0.2) is 46.6 Å². The summed E-state index contributed by atoms with van der Waals surface area (Å²) in [6, 6.07) is 10.1. The maximum absolute atomic E-state index is 12.6. The highest BCUT2D eigenvalue weighted by Gasteiger charge is 2.30. The van der Waals surface area contributed by atoms with Crippen LogP contribution in [0.1, 0.15) is 12.0 Å². The van der Waals surface area contributed by atoms with Gasteiger partial charge in [0.2, 0.25) is 18.6 Å². The Bertz CT molecular complexity index is 1080. The Morgan fingerprint density at radius 2 is 2.00 bits per heavy atom. The van der Waals surface area contributed by atoms with E-state index in [1.165, 1.54) is 6.21 Å². The molecule has 2 aliphatic rings. The van der Waals surface area contributed by atoms with E-state index in [0.717, 1.165) is 17.3 Å². The van der Waals surface area contributed by atoms with E-state index in [9.17, 15) is 9.59 Å². The molecule has 0 bridgehead atoms. The lowest BCUT2D eigenvalue weighted by Crippen LogP contribution is -2.41. The molecule has 154 valence electrons. The van der Waals surface area contributed by atoms with Gasteiger partial charge in [-0.15, -0.1) is 5.10 Å². The first-order valence-electron chi connectivity index (χ1n) is 8.71. The smallest absolute Gasteiger partial charge is 0.238 e. The van der Waals surface area contributed by atoms with Crippen molar-refractivity contribution in [1.29, 1.82) is 0 Å². The van der Waals surface area contributed by atoms with Crippen molar-refractivity contribution in [2.75, 3.05) is 12.1 Å². The first kappa shape index (κ1) is 20.5. The number of nitrogens with one attached hydrogen (secondary N) is 2. The summed E-state index contributed by atoms with van der Waals surface area (Å²) in [6.45, 7) is 0.187. The number of benzene rings is 2. The summed E-state index contributed by atoms with van der Waals surface area (Å²) in [6.07, 6.45) is 1.53. The van der Waals surface area contributed by atoms with E-state index in [4.69, 9.17) is 32.7 Å². The lowest BCUT2D eigenvalue weighted by atomic mass is 10.2. The SMILES string of the molecule is O=C1C[C@H](C(=O)Nc2ccc(Cl)c(Cl)c2)SC(=NN=Cc2ccc3c(c2)OCO3)N1. The van der Waals surface area contributed by atoms with Crippen molar-refractivity contribution in [2.24, 2.45) is 10.2 Å². The summed E-state index contributed by atoms with van der Waals surface area (Å²) in [5.74, 6) is 0.635. The molecule has 0 spiro atoms. The first-order chi connectivity index (χ1) is 14.5. The van der Waals surface area contributed by atoms with Gasteiger partial charge < -0.3 is 20.1 Å². The molecule has 11 heteroatoms. The Hall–Kier alpha value is -2.75. The number of amidine groups is 1. The molecular weight excluding hydrogens is 451 g/mol. The third kappa shape index (κ3) is 4.86. The van der Waals surface area contributed by atoms with Gasteiger partial charge in [-0.05, 0) is 42.0 Å². The molecule has 0 saturated carbocycles. The maximum Gasteiger partial charge on any atom is 0.238 e. The van der Waals surface area contributed by atoms with Crippen LogP contribution in [0, 0.1) is 0 Å². The Morgan fingerprint density at radius 3 is 2.83 bits per heavy atom. The number of rotatable bonds is 4. The number of hydrogen-bond donors (Lipinski definition) is 2. The molecule has 2 amide bonds. The average molecular weight is 465 g/mol. The van der Waals surface area contributed by atoms with E-state index >= 15 is 0 Å². The minimum Gasteiger partial charge on any atom is -0.454 e. The molecule has 30 heavy (non-hydrogen) atoms. The second-order valence-corrected chi connectivity index (χ2v) is 8.25. The van der Waals surface area contributed by atoms with Crippen LogP contribution < -0.4 is 20.1 Å². The van der Waals surface area contributed by atoms with Gasteiger partial charge in [0.15, 0.2) is 16.7 Å². The molecule has 2 heterocycles. The lowest BCUT2D eigenvalue weighted by Gasteiger charge is -2.21. The molecular formula is C19H14Cl2N4O4S. The van der Waals surface area contributed by atoms with Gasteiger partial charge in [0.05, 0.1) is 16.3 Å². The number of hydrogen-bond acceptors (Lipinski definition) is 7. The molecule has 0 unspecified atom stereocenters. The van der Waals surface area contributed by atoms with Crippen LogP contribution in [0.5, 0.6) is 11.5 Å². The van der Waals surface area contributed by atoms with Crippen LogP contribution in [-0.2, 0) is 9.59 Å². The van der Waals surface area contributed by atoms with Crippen LogP contribution in [0.4, 0.5) is 5.69 Å². The topological polar surface area (TPSA) is 101 Å². The lowest BCUT2D eigenvalue weighted by molar-refractivity contribution is -0.123. The number of anilines is 1. The molecule has 1 fully saturated rings. The van der Waals surface area contributed by atoms with E-state index in [1.807, 2.05) is 0 Å². The number of thioether (sulfide) groups is 1. The minimum atomic E-state index is -0.660. The fraction of sp³-hybridized carbons (Fsp3) is 0.158. The summed E-state index contributed by atoms with van der Waals surface area (Å²) in [7, 11) is 0. The third-order valence-electron chi connectivity index (χ3n) is 4.10. The van der Waals surface area contributed by atoms with E-state index < -0.39 is 5.25 Å². The fourth-order valence-corrected chi connectivity index (χ4v) is 3.91. The zero-order chi connectivity index (χ0) is 21.1. The summed E-state index contributed by atoms with van der Waals surface area (Å²) in [5.41, 5.74) is 1.24. The zero-order valence-corrected chi connectivity index (χ0v) is 17.6. The molecule has 8 nitrogen and oxygen atoms in total. The van der Waals surface area contributed by atoms with Crippen molar-refractivity contribution >= 4 is 63.8 Å². The van der Waals surface area contributed by atoms with Crippen molar-refractivity contribution < 1.29 is 19.1 Å². The Balaban J connectivity index is 1.41. The van der Waals surface area contributed by atoms with Crippen molar-refractivity contribution in [1.82, 2.24) is 5.32 Å². The van der Waals surface area contributed by atoms with Gasteiger partial charge in [-0.3, -0.25) is 9.59 Å². The van der Waals surface area contributed by atoms with Gasteiger partial charge >= 0.3 is 0 Å². The molecule has 2 aromatic carbocycles. The Kier molecular flexibility index (Phi) is 6.12. The van der Waals surface area contributed by atoms with Gasteiger partial charge in [0.25, 0.3) is 0 Å². The van der Waals surface area contributed by atoms with Crippen LogP contribution in [0.3, 0.4) is 0 Å². The third-order valence-corrected chi connectivity index (χ3v) is 5.91. The van der Waals surface area contributed by atoms with E-state index in [2.05, 4.69) is 20.8 Å². The van der Waals surface area contributed by atoms with E-state index in [1.54, 1.807) is 36.4 Å². The molecule has 1 saturated heterocycles. The molecule has 0 aliphatic carbocycles. The van der Waals surface area contributed by atoms with Crippen LogP contribution in [0.25, 0.3) is 0 Å². The number of halogens is 2. The number of nitrogens with zero attached hydrogens (tertiary/aromatic N) is 2. The summed E-state index contributed by atoms with van der Waals surface area (Å²) < 4.78 is 10.6. The normalized spacial score (nSPS) is 19.2. The number of carbonyl (C=O) groups excluding carboxylic acids is 2. The van der Waals surface area contributed by atoms with E-state index in [-0.39, 0.29) is 30.2 Å². The number of fused-ring (bicyclic) bond motifs is 1. The molecule has 1 atom stereocenters. The minimum absolute atomic E-state index is 0.0166. The predicted molar refractivity (Wildman–Crippen MR) is 117 cm³/mol. The fourth-order valence-electron chi connectivity index (χ4n) is 2.68. The number of carbonyl (C=O) groups is 2. The van der Waals surface area contributed by atoms with Crippen molar-refractivity contribution in [3.8, 4) is 11.5 Å². The maximum atomic E-state index is 12.6. The van der Waals surface area contributed by atoms with E-state index in [0.29, 0.717) is 27.2 Å². The highest BCUT2D eigenvalue weighted by molar-refractivity contribution is 8.15. The van der Waals surface area contributed by atoms with Crippen molar-refractivity contribution in [2.45, 2.75) is 11.7 Å². The van der Waals surface area contributed by atoms with Gasteiger partial charge in [-0.1, -0.05) is 35.0 Å². The Labute approximate surface area is 185 Å². The molecule has 2 aromatic rings. The molecule has 2 aliphatic heterocycles. The largest absolute Gasteiger partial charge is 0.454 e. The predicted octanol–water partition coefficient (Wildman–Crippen LogP) is 3.67. The summed E-state index contributed by atoms with van der Waals surface area (Å²) >= 11 is 13.0. The second-order valence-electron chi connectivity index (χ2n) is 6.24. The van der Waals surface area contributed by atoms with Gasteiger partial charge in [0.1, 0.15) is 5.25 Å². The Morgan fingerprint density at radius 1 is 1.17 bits per heavy atom. The van der Waals surface area contributed by atoms with Gasteiger partial charge in [0, 0.05) is 12.1 Å². The molecule has 4 rings (SSSR count). The molecule has 2 N–H and O–H groups in total. The number of ether oxygens (including phenoxy) is 2. The van der Waals surface area contributed by atoms with Crippen molar-refractivity contribution in [3.63, 3.8) is 0 Å². The van der Waals surface area contributed by atoms with Crippen LogP contribution in [-0.4, -0.2) is 35.2 Å². The monoisotopic (exact) mass is 464 g/mol. The second kappa shape index (κ2) is 8.95. The summed E-state index contributed by atoms with van der Waals surface area (Å²) in [5, 5.41) is 13.6. The van der Waals surface area contributed by atoms with Crippen LogP contribution >= 0.6 is 35.0 Å². The quantitative estimate of drug-likeness (QED) is 0.530. The van der Waals surface area contributed by atoms with Gasteiger partial charge in [-0.2, -0.15) is 5.10 Å².